The van der Waals surface area contributed by atoms with Gasteiger partial charge in [-0.05, 0) is 25.9 Å². The second-order valence-electron chi connectivity index (χ2n) is 3.10. The summed E-state index contributed by atoms with van der Waals surface area (Å²) < 4.78 is 0. The number of likely N-dealkylation sites (tertiary alicyclic amines) is 1. The SMILES string of the molecule is CC.CC1CCN(C)CC1O. The van der Waals surface area contributed by atoms with Gasteiger partial charge in [-0.15, -0.1) is 0 Å². The molecule has 0 radical (unpaired) electrons. The molecule has 2 heteroatoms. The van der Waals surface area contributed by atoms with Crippen molar-refractivity contribution in [2.75, 3.05) is 20.1 Å². The molecule has 0 spiro atoms. The third kappa shape index (κ3) is 3.73. The number of aliphatic hydroxyl groups is 1. The van der Waals surface area contributed by atoms with E-state index in [0.29, 0.717) is 5.92 Å². The van der Waals surface area contributed by atoms with E-state index in [1.54, 1.807) is 0 Å². The van der Waals surface area contributed by atoms with Crippen LogP contribution in [0.2, 0.25) is 0 Å². The normalized spacial score (nSPS) is 32.5. The molecule has 0 aromatic rings. The van der Waals surface area contributed by atoms with Crippen molar-refractivity contribution in [3.05, 3.63) is 0 Å². The lowest BCUT2D eigenvalue weighted by atomic mass is 9.97. The molecular formula is C9H21NO. The maximum atomic E-state index is 9.31. The minimum absolute atomic E-state index is 0.0938. The highest BCUT2D eigenvalue weighted by Crippen LogP contribution is 2.14. The van der Waals surface area contributed by atoms with E-state index in [0.717, 1.165) is 19.5 Å². The van der Waals surface area contributed by atoms with Crippen molar-refractivity contribution < 1.29 is 5.11 Å². The molecule has 1 aliphatic rings. The Morgan fingerprint density at radius 1 is 1.36 bits per heavy atom. The molecule has 1 saturated heterocycles. The smallest absolute Gasteiger partial charge is 0.0692 e. The van der Waals surface area contributed by atoms with E-state index in [-0.39, 0.29) is 6.10 Å². The highest BCUT2D eigenvalue weighted by Gasteiger charge is 2.21. The predicted octanol–water partition coefficient (Wildman–Crippen LogP) is 1.35. The molecule has 0 bridgehead atoms. The Labute approximate surface area is 70.2 Å². The zero-order chi connectivity index (χ0) is 8.85. The predicted molar refractivity (Wildman–Crippen MR) is 48.6 cm³/mol. The largest absolute Gasteiger partial charge is 0.392 e. The first-order chi connectivity index (χ1) is 5.20. The van der Waals surface area contributed by atoms with Crippen molar-refractivity contribution >= 4 is 0 Å². The molecule has 2 atom stereocenters. The standard InChI is InChI=1S/C7H15NO.C2H6/c1-6-3-4-8(2)5-7(6)9;1-2/h6-7,9H,3-5H2,1-2H3;1-2H3. The van der Waals surface area contributed by atoms with Gasteiger partial charge >= 0.3 is 0 Å². The van der Waals surface area contributed by atoms with Crippen molar-refractivity contribution in [3.63, 3.8) is 0 Å². The van der Waals surface area contributed by atoms with Crippen LogP contribution in [-0.2, 0) is 0 Å². The summed E-state index contributed by atoms with van der Waals surface area (Å²) in [6.45, 7) is 8.09. The lowest BCUT2D eigenvalue weighted by Gasteiger charge is -2.31. The Bertz CT molecular complexity index is 95.6. The topological polar surface area (TPSA) is 23.5 Å². The third-order valence-electron chi connectivity index (χ3n) is 2.12. The van der Waals surface area contributed by atoms with E-state index in [2.05, 4.69) is 18.9 Å². The third-order valence-corrected chi connectivity index (χ3v) is 2.12. The van der Waals surface area contributed by atoms with Crippen molar-refractivity contribution in [1.29, 1.82) is 0 Å². The van der Waals surface area contributed by atoms with Gasteiger partial charge in [0.1, 0.15) is 0 Å². The fourth-order valence-corrected chi connectivity index (χ4v) is 1.21. The molecule has 0 aromatic heterocycles. The molecule has 2 unspecified atom stereocenters. The molecule has 1 N–H and O–H groups in total. The van der Waals surface area contributed by atoms with Gasteiger partial charge in [0.05, 0.1) is 6.10 Å². The number of aliphatic hydroxyl groups excluding tert-OH is 1. The first-order valence-corrected chi connectivity index (χ1v) is 4.57. The van der Waals surface area contributed by atoms with E-state index in [4.69, 9.17) is 0 Å². The summed E-state index contributed by atoms with van der Waals surface area (Å²) in [6, 6.07) is 0. The molecule has 0 aromatic carbocycles. The van der Waals surface area contributed by atoms with E-state index in [1.165, 1.54) is 0 Å². The number of piperidine rings is 1. The molecule has 0 aliphatic carbocycles. The Morgan fingerprint density at radius 2 is 1.91 bits per heavy atom. The minimum atomic E-state index is -0.0938. The van der Waals surface area contributed by atoms with Crippen LogP contribution in [-0.4, -0.2) is 36.2 Å². The second kappa shape index (κ2) is 5.56. The summed E-state index contributed by atoms with van der Waals surface area (Å²) in [5.41, 5.74) is 0. The van der Waals surface area contributed by atoms with Gasteiger partial charge in [-0.3, -0.25) is 0 Å². The zero-order valence-corrected chi connectivity index (χ0v) is 8.17. The minimum Gasteiger partial charge on any atom is -0.392 e. The summed E-state index contributed by atoms with van der Waals surface area (Å²) in [4.78, 5) is 2.17. The number of rotatable bonds is 0. The fraction of sp³-hybridized carbons (Fsp3) is 1.00. The summed E-state index contributed by atoms with van der Waals surface area (Å²) in [7, 11) is 2.05. The first-order valence-electron chi connectivity index (χ1n) is 4.57. The maximum Gasteiger partial charge on any atom is 0.0692 e. The van der Waals surface area contributed by atoms with Crippen molar-refractivity contribution in [1.82, 2.24) is 4.90 Å². The lowest BCUT2D eigenvalue weighted by molar-refractivity contribution is 0.0404. The fourth-order valence-electron chi connectivity index (χ4n) is 1.21. The monoisotopic (exact) mass is 159 g/mol. The highest BCUT2D eigenvalue weighted by molar-refractivity contribution is 4.74. The Morgan fingerprint density at radius 3 is 2.27 bits per heavy atom. The molecule has 2 nitrogen and oxygen atoms in total. The van der Waals surface area contributed by atoms with E-state index >= 15 is 0 Å². The lowest BCUT2D eigenvalue weighted by Crippen LogP contribution is -2.40. The number of β-amino-alcohol motifs (C(OH)–C–C–N with tert-alkyl or cyclic N) is 1. The van der Waals surface area contributed by atoms with Crippen LogP contribution >= 0.6 is 0 Å². The van der Waals surface area contributed by atoms with Gasteiger partial charge in [-0.25, -0.2) is 0 Å². The second-order valence-corrected chi connectivity index (χ2v) is 3.10. The summed E-state index contributed by atoms with van der Waals surface area (Å²) in [6.07, 6.45) is 1.04. The van der Waals surface area contributed by atoms with Crippen LogP contribution in [0, 0.1) is 5.92 Å². The Hall–Kier alpha value is -0.0800. The summed E-state index contributed by atoms with van der Waals surface area (Å²) >= 11 is 0. The average molecular weight is 159 g/mol. The Kier molecular flexibility index (Phi) is 5.51. The van der Waals surface area contributed by atoms with Crippen molar-refractivity contribution in [3.8, 4) is 0 Å². The molecule has 11 heavy (non-hydrogen) atoms. The van der Waals surface area contributed by atoms with Crippen LogP contribution in [0.5, 0.6) is 0 Å². The van der Waals surface area contributed by atoms with Gasteiger partial charge in [0.25, 0.3) is 0 Å². The molecule has 1 heterocycles. The molecular weight excluding hydrogens is 138 g/mol. The molecule has 1 rings (SSSR count). The van der Waals surface area contributed by atoms with Crippen LogP contribution in [0.3, 0.4) is 0 Å². The van der Waals surface area contributed by atoms with Crippen molar-refractivity contribution in [2.45, 2.75) is 33.3 Å². The average Bonchev–Trinajstić information content (AvgIpc) is 2.02. The van der Waals surface area contributed by atoms with Gasteiger partial charge in [-0.1, -0.05) is 20.8 Å². The van der Waals surface area contributed by atoms with Crippen LogP contribution in [0.15, 0.2) is 0 Å². The number of hydrogen-bond donors (Lipinski definition) is 1. The molecule has 1 fully saturated rings. The molecule has 1 aliphatic heterocycles. The van der Waals surface area contributed by atoms with Gasteiger partial charge in [0.15, 0.2) is 0 Å². The quantitative estimate of drug-likeness (QED) is 0.576. The molecule has 0 amide bonds. The van der Waals surface area contributed by atoms with Gasteiger partial charge in [0.2, 0.25) is 0 Å². The van der Waals surface area contributed by atoms with E-state index < -0.39 is 0 Å². The molecule has 0 saturated carbocycles. The number of likely N-dealkylation sites (N-methyl/N-ethyl adjacent to an activating group) is 1. The van der Waals surface area contributed by atoms with Crippen molar-refractivity contribution in [2.24, 2.45) is 5.92 Å². The van der Waals surface area contributed by atoms with Crippen LogP contribution in [0.1, 0.15) is 27.2 Å². The number of nitrogens with zero attached hydrogens (tertiary/aromatic N) is 1. The van der Waals surface area contributed by atoms with Crippen LogP contribution < -0.4 is 0 Å². The summed E-state index contributed by atoms with van der Waals surface area (Å²) in [5, 5.41) is 9.31. The summed E-state index contributed by atoms with van der Waals surface area (Å²) in [5.74, 6) is 0.501. The van der Waals surface area contributed by atoms with Gasteiger partial charge in [0, 0.05) is 6.54 Å². The van der Waals surface area contributed by atoms with Gasteiger partial charge < -0.3 is 10.0 Å². The highest BCUT2D eigenvalue weighted by atomic mass is 16.3. The van der Waals surface area contributed by atoms with E-state index in [9.17, 15) is 5.11 Å². The van der Waals surface area contributed by atoms with E-state index in [1.807, 2.05) is 13.8 Å². The van der Waals surface area contributed by atoms with Crippen LogP contribution in [0.25, 0.3) is 0 Å². The Balaban J connectivity index is 0.000000461. The van der Waals surface area contributed by atoms with Gasteiger partial charge in [-0.2, -0.15) is 0 Å². The first kappa shape index (κ1) is 10.9. The number of hydrogen-bond acceptors (Lipinski definition) is 2. The maximum absolute atomic E-state index is 9.31. The zero-order valence-electron chi connectivity index (χ0n) is 8.17. The van der Waals surface area contributed by atoms with Crippen LogP contribution in [0.4, 0.5) is 0 Å². The molecule has 68 valence electrons.